The molecule has 0 amide bonds. The Kier molecular flexibility index (Phi) is 3.04. The van der Waals surface area contributed by atoms with E-state index in [2.05, 4.69) is 4.98 Å². The Hall–Kier alpha value is -1.32. The van der Waals surface area contributed by atoms with Crippen LogP contribution in [0.25, 0.3) is 11.3 Å². The number of nitrogens with zero attached hydrogens (tertiary/aromatic N) is 1. The van der Waals surface area contributed by atoms with Gasteiger partial charge in [0.05, 0.1) is 11.2 Å². The van der Waals surface area contributed by atoms with Crippen LogP contribution in [0, 0.1) is 0 Å². The summed E-state index contributed by atoms with van der Waals surface area (Å²) in [5.41, 5.74) is 6.27. The Balaban J connectivity index is 2.33. The predicted octanol–water partition coefficient (Wildman–Crippen LogP) is 2.50. The van der Waals surface area contributed by atoms with Crippen LogP contribution in [0.4, 0.5) is 0 Å². The van der Waals surface area contributed by atoms with Gasteiger partial charge in [-0.25, -0.2) is 4.98 Å². The van der Waals surface area contributed by atoms with Crippen LogP contribution in [0.3, 0.4) is 0 Å². The molecule has 0 saturated heterocycles. The summed E-state index contributed by atoms with van der Waals surface area (Å²) in [6.45, 7) is 0.530. The van der Waals surface area contributed by atoms with Crippen LogP contribution in [0.5, 0.6) is 0 Å². The molecule has 1 aromatic heterocycles. The number of oxazole rings is 1. The van der Waals surface area contributed by atoms with Crippen molar-refractivity contribution in [3.63, 3.8) is 0 Å². The first kappa shape index (κ1) is 10.2. The molecule has 0 fully saturated rings. The van der Waals surface area contributed by atoms with Crippen molar-refractivity contribution in [3.8, 4) is 11.3 Å². The van der Waals surface area contributed by atoms with E-state index in [0.29, 0.717) is 29.6 Å². The third-order valence-corrected chi connectivity index (χ3v) is 2.38. The molecule has 0 radical (unpaired) electrons. The lowest BCUT2D eigenvalue weighted by molar-refractivity contribution is 0.508. The average molecular weight is 223 g/mol. The Morgan fingerprint density at radius 3 is 2.87 bits per heavy atom. The summed E-state index contributed by atoms with van der Waals surface area (Å²) in [5, 5.41) is 0.660. The molecule has 4 heteroatoms. The summed E-state index contributed by atoms with van der Waals surface area (Å²) >= 11 is 6.03. The van der Waals surface area contributed by atoms with Crippen molar-refractivity contribution in [3.05, 3.63) is 41.4 Å². The third-order valence-electron chi connectivity index (χ3n) is 2.05. The van der Waals surface area contributed by atoms with Gasteiger partial charge in [0.1, 0.15) is 0 Å². The molecule has 1 heterocycles. The molecule has 78 valence electrons. The van der Waals surface area contributed by atoms with Gasteiger partial charge in [-0.3, -0.25) is 0 Å². The fourth-order valence-electron chi connectivity index (χ4n) is 1.33. The van der Waals surface area contributed by atoms with E-state index in [4.69, 9.17) is 21.8 Å². The highest BCUT2D eigenvalue weighted by Crippen LogP contribution is 2.27. The summed E-state index contributed by atoms with van der Waals surface area (Å²) in [6, 6.07) is 7.51. The molecular weight excluding hydrogens is 212 g/mol. The van der Waals surface area contributed by atoms with Gasteiger partial charge in [0.25, 0.3) is 0 Å². The molecule has 3 nitrogen and oxygen atoms in total. The van der Waals surface area contributed by atoms with E-state index in [1.807, 2.05) is 24.3 Å². The van der Waals surface area contributed by atoms with E-state index >= 15 is 0 Å². The number of nitrogens with two attached hydrogens (primary N) is 1. The van der Waals surface area contributed by atoms with E-state index in [0.717, 1.165) is 5.56 Å². The number of rotatable bonds is 3. The van der Waals surface area contributed by atoms with Gasteiger partial charge in [-0.15, -0.1) is 0 Å². The van der Waals surface area contributed by atoms with E-state index in [9.17, 15) is 0 Å². The van der Waals surface area contributed by atoms with Crippen molar-refractivity contribution >= 4 is 11.6 Å². The first-order chi connectivity index (χ1) is 7.31. The normalized spacial score (nSPS) is 10.5. The minimum atomic E-state index is 0.530. The first-order valence-electron chi connectivity index (χ1n) is 4.71. The van der Waals surface area contributed by atoms with Crippen LogP contribution in [-0.4, -0.2) is 11.5 Å². The zero-order valence-electron chi connectivity index (χ0n) is 8.11. The molecule has 2 aromatic rings. The minimum absolute atomic E-state index is 0.530. The highest BCUT2D eigenvalue weighted by atomic mass is 35.5. The molecule has 0 bridgehead atoms. The van der Waals surface area contributed by atoms with Gasteiger partial charge in [-0.05, 0) is 12.1 Å². The van der Waals surface area contributed by atoms with Crippen molar-refractivity contribution in [2.75, 3.05) is 6.54 Å². The zero-order valence-corrected chi connectivity index (χ0v) is 8.87. The summed E-state index contributed by atoms with van der Waals surface area (Å²) in [4.78, 5) is 4.12. The number of hydrogen-bond donors (Lipinski definition) is 1. The molecule has 0 aliphatic carbocycles. The fourth-order valence-corrected chi connectivity index (χ4v) is 1.56. The van der Waals surface area contributed by atoms with Gasteiger partial charge >= 0.3 is 0 Å². The van der Waals surface area contributed by atoms with Crippen molar-refractivity contribution < 1.29 is 4.42 Å². The molecule has 0 unspecified atom stereocenters. The molecule has 0 aliphatic rings. The molecule has 0 saturated carbocycles. The molecular formula is C11H11ClN2O. The lowest BCUT2D eigenvalue weighted by Crippen LogP contribution is -2.02. The molecule has 0 spiro atoms. The van der Waals surface area contributed by atoms with Gasteiger partial charge in [0.2, 0.25) is 0 Å². The molecule has 0 atom stereocenters. The third kappa shape index (κ3) is 2.19. The molecule has 2 rings (SSSR count). The predicted molar refractivity (Wildman–Crippen MR) is 59.7 cm³/mol. The second-order valence-electron chi connectivity index (χ2n) is 3.14. The van der Waals surface area contributed by atoms with Gasteiger partial charge in [-0.2, -0.15) is 0 Å². The van der Waals surface area contributed by atoms with Crippen LogP contribution < -0.4 is 5.73 Å². The number of halogens is 1. The first-order valence-corrected chi connectivity index (χ1v) is 5.08. The summed E-state index contributed by atoms with van der Waals surface area (Å²) in [7, 11) is 0. The Morgan fingerprint density at radius 1 is 1.33 bits per heavy atom. The Bertz CT molecular complexity index is 453. The van der Waals surface area contributed by atoms with Crippen molar-refractivity contribution in [2.24, 2.45) is 5.73 Å². The Morgan fingerprint density at radius 2 is 2.13 bits per heavy atom. The lowest BCUT2D eigenvalue weighted by Gasteiger charge is -1.98. The molecule has 15 heavy (non-hydrogen) atoms. The number of aromatic nitrogens is 1. The number of benzene rings is 1. The topological polar surface area (TPSA) is 52.0 Å². The second kappa shape index (κ2) is 4.47. The fraction of sp³-hybridized carbons (Fsp3) is 0.182. The molecule has 1 aromatic carbocycles. The monoisotopic (exact) mass is 222 g/mol. The van der Waals surface area contributed by atoms with Crippen LogP contribution in [-0.2, 0) is 6.42 Å². The average Bonchev–Trinajstić information content (AvgIpc) is 2.68. The maximum absolute atomic E-state index is 6.03. The van der Waals surface area contributed by atoms with Crippen molar-refractivity contribution in [1.29, 1.82) is 0 Å². The summed E-state index contributed by atoms with van der Waals surface area (Å²) in [5.74, 6) is 1.33. The zero-order chi connectivity index (χ0) is 10.7. The highest BCUT2D eigenvalue weighted by molar-refractivity contribution is 6.33. The van der Waals surface area contributed by atoms with Gasteiger partial charge < -0.3 is 10.2 Å². The van der Waals surface area contributed by atoms with Crippen molar-refractivity contribution in [1.82, 2.24) is 4.98 Å². The Labute approximate surface area is 92.9 Å². The standard InChI is InChI=1S/C11H11ClN2O/c12-9-4-2-1-3-8(9)10-7-14-11(15-10)5-6-13/h1-4,7H,5-6,13H2. The summed E-state index contributed by atoms with van der Waals surface area (Å²) in [6.07, 6.45) is 2.32. The van der Waals surface area contributed by atoms with Crippen LogP contribution >= 0.6 is 11.6 Å². The second-order valence-corrected chi connectivity index (χ2v) is 3.54. The highest BCUT2D eigenvalue weighted by Gasteiger charge is 2.08. The smallest absolute Gasteiger partial charge is 0.196 e. The lowest BCUT2D eigenvalue weighted by atomic mass is 10.2. The number of hydrogen-bond acceptors (Lipinski definition) is 3. The van der Waals surface area contributed by atoms with E-state index < -0.39 is 0 Å². The van der Waals surface area contributed by atoms with Gasteiger partial charge in [0, 0.05) is 18.5 Å². The molecule has 2 N–H and O–H groups in total. The van der Waals surface area contributed by atoms with Gasteiger partial charge in [-0.1, -0.05) is 23.7 Å². The van der Waals surface area contributed by atoms with E-state index in [1.165, 1.54) is 0 Å². The van der Waals surface area contributed by atoms with Crippen LogP contribution in [0.1, 0.15) is 5.89 Å². The maximum atomic E-state index is 6.03. The minimum Gasteiger partial charge on any atom is -0.441 e. The van der Waals surface area contributed by atoms with E-state index in [-0.39, 0.29) is 0 Å². The van der Waals surface area contributed by atoms with Crippen molar-refractivity contribution in [2.45, 2.75) is 6.42 Å². The summed E-state index contributed by atoms with van der Waals surface area (Å²) < 4.78 is 5.52. The SMILES string of the molecule is NCCc1ncc(-c2ccccc2Cl)o1. The quantitative estimate of drug-likeness (QED) is 0.868. The maximum Gasteiger partial charge on any atom is 0.196 e. The largest absolute Gasteiger partial charge is 0.441 e. The van der Waals surface area contributed by atoms with Crippen LogP contribution in [0.2, 0.25) is 5.02 Å². The molecule has 0 aliphatic heterocycles. The van der Waals surface area contributed by atoms with Gasteiger partial charge in [0.15, 0.2) is 11.7 Å². The van der Waals surface area contributed by atoms with Crippen LogP contribution in [0.15, 0.2) is 34.9 Å². The van der Waals surface area contributed by atoms with E-state index in [1.54, 1.807) is 6.20 Å².